The van der Waals surface area contributed by atoms with Crippen molar-refractivity contribution in [3.05, 3.63) is 34.1 Å². The maximum Gasteiger partial charge on any atom is 0.302 e. The van der Waals surface area contributed by atoms with E-state index in [1.807, 2.05) is 20.8 Å². The highest BCUT2D eigenvalue weighted by Gasteiger charge is 2.64. The lowest BCUT2D eigenvalue weighted by Crippen LogP contribution is -2.65. The number of amides is 2. The Morgan fingerprint density at radius 3 is 2.17 bits per heavy atom. The zero-order valence-electron chi connectivity index (χ0n) is 28.8. The molecule has 1 saturated carbocycles. The lowest BCUT2D eigenvalue weighted by Gasteiger charge is -2.50. The number of nitrogens with one attached hydrogen (secondary N) is 2. The van der Waals surface area contributed by atoms with Gasteiger partial charge in [-0.3, -0.25) is 28.9 Å². The molecule has 4 rings (SSSR count). The van der Waals surface area contributed by atoms with Gasteiger partial charge in [-0.15, -0.1) is 0 Å². The van der Waals surface area contributed by atoms with Crippen LogP contribution < -0.4 is 21.3 Å². The van der Waals surface area contributed by atoms with Gasteiger partial charge in [0.25, 0.3) is 5.91 Å². The molecule has 15 nitrogen and oxygen atoms in total. The van der Waals surface area contributed by atoms with Crippen molar-refractivity contribution in [2.45, 2.75) is 64.6 Å². The molecule has 2 amide bonds. The monoisotopic (exact) mass is 673 g/mol. The third-order valence-corrected chi connectivity index (χ3v) is 8.58. The first-order chi connectivity index (χ1) is 22.1. The van der Waals surface area contributed by atoms with E-state index >= 15 is 0 Å². The summed E-state index contributed by atoms with van der Waals surface area (Å²) in [5, 5.41) is 51.3. The summed E-state index contributed by atoms with van der Waals surface area (Å²) >= 11 is 0. The summed E-state index contributed by atoms with van der Waals surface area (Å²) in [6, 6.07) is 0.409. The lowest BCUT2D eigenvalue weighted by molar-refractivity contribution is -0.153. The molecule has 0 radical (unpaired) electrons. The first-order valence-corrected chi connectivity index (χ1v) is 15.5. The largest absolute Gasteiger partial charge is 0.508 e. The molecule has 0 aliphatic heterocycles. The van der Waals surface area contributed by atoms with E-state index in [4.69, 9.17) is 5.73 Å². The van der Waals surface area contributed by atoms with E-state index in [2.05, 4.69) is 15.4 Å². The number of carbonyl (C=O) groups excluding carboxylic acids is 5. The molecule has 0 unspecified atom stereocenters. The van der Waals surface area contributed by atoms with Gasteiger partial charge in [-0.2, -0.15) is 0 Å². The minimum Gasteiger partial charge on any atom is -0.508 e. The first kappa shape index (κ1) is 38.0. The second-order valence-corrected chi connectivity index (χ2v) is 13.6. The topological polar surface area (TPSA) is 232 Å². The predicted molar refractivity (Wildman–Crippen MR) is 177 cm³/mol. The fourth-order valence-electron chi connectivity index (χ4n) is 6.53. The Balaban J connectivity index is 0.000000952. The number of carbonyl (C=O) groups is 5. The number of phenolic OH excluding ortho intramolecular Hbond substituents is 1. The minimum absolute atomic E-state index is 0.00158. The quantitative estimate of drug-likeness (QED) is 0.121. The highest BCUT2D eigenvalue weighted by molar-refractivity contribution is 6.24. The summed E-state index contributed by atoms with van der Waals surface area (Å²) in [5.74, 6) is -8.00. The van der Waals surface area contributed by atoms with E-state index in [0.29, 0.717) is 17.9 Å². The number of anilines is 2. The average molecular weight is 674 g/mol. The van der Waals surface area contributed by atoms with Gasteiger partial charge in [0.15, 0.2) is 11.4 Å². The molecule has 0 heterocycles. The van der Waals surface area contributed by atoms with Gasteiger partial charge >= 0.3 is 5.97 Å². The molecule has 0 saturated heterocycles. The SMILES string of the molecule is CCOC(C)=O.CN(C)c1cc(NC(=O)CNC(C)(C)C)c(O)c2c1C[C@H]1C[C@H]3[C@H](N(C)C)C(=O)C(C(N)=O)=C(O)[C@@]3(O)C(=O)C1=C2O. The number of Topliss-reactive ketones (excluding diaryl/α,β-unsaturated/α-hetero) is 2. The molecular weight excluding hydrogens is 626 g/mol. The molecule has 15 heteroatoms. The van der Waals surface area contributed by atoms with Crippen molar-refractivity contribution >= 4 is 46.5 Å². The summed E-state index contributed by atoms with van der Waals surface area (Å²) in [4.78, 5) is 65.1. The van der Waals surface area contributed by atoms with Gasteiger partial charge in [-0.1, -0.05) is 0 Å². The number of aromatic hydroxyl groups is 1. The van der Waals surface area contributed by atoms with Crippen LogP contribution in [0.25, 0.3) is 5.76 Å². The number of nitrogens with zero attached hydrogens (tertiary/aromatic N) is 2. The van der Waals surface area contributed by atoms with Crippen LogP contribution in [0, 0.1) is 11.8 Å². The fraction of sp³-hybridized carbons (Fsp3) is 0.545. The van der Waals surface area contributed by atoms with Crippen LogP contribution in [-0.4, -0.2) is 113 Å². The van der Waals surface area contributed by atoms with Crippen LogP contribution in [0.2, 0.25) is 0 Å². The first-order valence-electron chi connectivity index (χ1n) is 15.5. The Morgan fingerprint density at radius 2 is 1.71 bits per heavy atom. The molecule has 1 aromatic rings. The average Bonchev–Trinajstić information content (AvgIpc) is 2.94. The molecule has 3 aliphatic carbocycles. The van der Waals surface area contributed by atoms with Crippen LogP contribution in [0.4, 0.5) is 11.4 Å². The number of benzene rings is 1. The summed E-state index contributed by atoms with van der Waals surface area (Å²) in [5.41, 5.74) is 2.11. The van der Waals surface area contributed by atoms with Crippen LogP contribution in [-0.2, 0) is 35.1 Å². The van der Waals surface area contributed by atoms with E-state index in [9.17, 15) is 44.4 Å². The number of phenols is 1. The summed E-state index contributed by atoms with van der Waals surface area (Å²) in [7, 11) is 6.58. The molecule has 0 aromatic heterocycles. The summed E-state index contributed by atoms with van der Waals surface area (Å²) in [6.45, 7) is 9.27. The molecule has 3 aliphatic rings. The van der Waals surface area contributed by atoms with Gasteiger partial charge in [-0.25, -0.2) is 0 Å². The number of hydrogen-bond donors (Lipinski definition) is 7. The molecule has 48 heavy (non-hydrogen) atoms. The Morgan fingerprint density at radius 1 is 1.10 bits per heavy atom. The van der Waals surface area contributed by atoms with E-state index in [0.717, 1.165) is 0 Å². The van der Waals surface area contributed by atoms with Gasteiger partial charge in [0.1, 0.15) is 22.8 Å². The number of aliphatic hydroxyl groups is 3. The minimum atomic E-state index is -2.73. The summed E-state index contributed by atoms with van der Waals surface area (Å²) < 4.78 is 4.40. The summed E-state index contributed by atoms with van der Waals surface area (Å²) in [6.07, 6.45) is 0.117. The molecule has 0 spiro atoms. The van der Waals surface area contributed by atoms with Crippen molar-refractivity contribution in [2.24, 2.45) is 17.6 Å². The normalized spacial score (nSPS) is 23.4. The Bertz CT molecular complexity index is 1590. The van der Waals surface area contributed by atoms with Gasteiger partial charge in [0.05, 0.1) is 30.4 Å². The van der Waals surface area contributed by atoms with Gasteiger partial charge in [0.2, 0.25) is 11.7 Å². The van der Waals surface area contributed by atoms with Crippen molar-refractivity contribution in [1.29, 1.82) is 0 Å². The number of fused-ring (bicyclic) bond motifs is 3. The van der Waals surface area contributed by atoms with Crippen LogP contribution in [0.1, 0.15) is 52.2 Å². The predicted octanol–water partition coefficient (Wildman–Crippen LogP) is 0.926. The molecule has 0 bridgehead atoms. The van der Waals surface area contributed by atoms with Crippen molar-refractivity contribution in [3.63, 3.8) is 0 Å². The van der Waals surface area contributed by atoms with Crippen LogP contribution >= 0.6 is 0 Å². The van der Waals surface area contributed by atoms with E-state index in [1.165, 1.54) is 11.8 Å². The van der Waals surface area contributed by atoms with Gasteiger partial charge in [-0.05, 0) is 72.2 Å². The van der Waals surface area contributed by atoms with E-state index in [1.54, 1.807) is 46.1 Å². The maximum atomic E-state index is 14.0. The molecule has 1 aromatic carbocycles. The Kier molecular flexibility index (Phi) is 11.0. The van der Waals surface area contributed by atoms with Gasteiger partial charge in [0, 0.05) is 43.7 Å². The van der Waals surface area contributed by atoms with Crippen molar-refractivity contribution in [3.8, 4) is 5.75 Å². The number of likely N-dealkylation sites (N-methyl/N-ethyl adjacent to an activating group) is 1. The number of ether oxygens (including phenoxy) is 1. The fourth-order valence-corrected chi connectivity index (χ4v) is 6.53. The number of ketones is 2. The van der Waals surface area contributed by atoms with Crippen molar-refractivity contribution < 1.29 is 49.1 Å². The van der Waals surface area contributed by atoms with E-state index < -0.39 is 69.7 Å². The van der Waals surface area contributed by atoms with E-state index in [-0.39, 0.29) is 47.7 Å². The maximum absolute atomic E-state index is 14.0. The van der Waals surface area contributed by atoms with Crippen molar-refractivity contribution in [2.75, 3.05) is 51.6 Å². The third-order valence-electron chi connectivity index (χ3n) is 8.58. The number of primary amides is 1. The highest BCUT2D eigenvalue weighted by atomic mass is 16.5. The Hall–Kier alpha value is -4.47. The Labute approximate surface area is 279 Å². The second-order valence-electron chi connectivity index (χ2n) is 13.6. The molecule has 264 valence electrons. The number of esters is 1. The molecule has 1 fully saturated rings. The standard InChI is InChI=1S/C29H39N5O8.C4H8O2/c1-28(2,3)31-11-17(35)32-15-10-16(33(4)5)13-8-12-9-14-21(34(6)7)24(38)20(27(30)41)26(40)29(14,42)25(39)18(12)23(37)19(13)22(15)36;1-3-6-4(2)5/h10,12,14,21,31,36-37,40,42H,8-9,11H2,1-7H3,(H2,30,41)(H,32,35);3H2,1-2H3/t12-,14-,21-,29-;/m0./s1. The molecule has 8 N–H and O–H groups in total. The number of nitrogens with two attached hydrogens (primary N) is 1. The third kappa shape index (κ3) is 7.03. The smallest absolute Gasteiger partial charge is 0.302 e. The zero-order valence-corrected chi connectivity index (χ0v) is 28.8. The van der Waals surface area contributed by atoms with Crippen LogP contribution in [0.3, 0.4) is 0 Å². The zero-order chi connectivity index (χ0) is 36.6. The highest BCUT2D eigenvalue weighted by Crippen LogP contribution is 2.54. The molecular formula is C33H47N5O10. The van der Waals surface area contributed by atoms with Crippen LogP contribution in [0.15, 0.2) is 23.0 Å². The van der Waals surface area contributed by atoms with Crippen LogP contribution in [0.5, 0.6) is 5.75 Å². The lowest BCUT2D eigenvalue weighted by atomic mass is 9.57. The van der Waals surface area contributed by atoms with Gasteiger partial charge < -0.3 is 46.4 Å². The number of rotatable bonds is 7. The number of aliphatic hydroxyl groups excluding tert-OH is 2. The second kappa shape index (κ2) is 13.9. The number of hydrogen-bond acceptors (Lipinski definition) is 13. The molecule has 4 atom stereocenters. The van der Waals surface area contributed by atoms with Crippen molar-refractivity contribution in [1.82, 2.24) is 10.2 Å².